The maximum absolute atomic E-state index is 11.6. The first-order valence-corrected chi connectivity index (χ1v) is 5.65. The number of hydrogen-bond acceptors (Lipinski definition) is 4. The Hall–Kier alpha value is -1.88. The summed E-state index contributed by atoms with van der Waals surface area (Å²) >= 11 is 1.33. The van der Waals surface area contributed by atoms with Gasteiger partial charge in [-0.1, -0.05) is 12.1 Å². The number of anilines is 1. The average molecular weight is 233 g/mol. The molecule has 1 heterocycles. The second-order valence-corrected chi connectivity index (χ2v) is 4.18. The lowest BCUT2D eigenvalue weighted by molar-refractivity contribution is 0.0955. The zero-order valence-electron chi connectivity index (χ0n) is 8.51. The molecule has 0 aliphatic rings. The Balaban J connectivity index is 1.93. The highest BCUT2D eigenvalue weighted by Crippen LogP contribution is 2.07. The molecule has 0 atom stereocenters. The molecule has 1 aromatic carbocycles. The standard InChI is InChI=1S/C11H11N3OS/c12-9-3-1-8(2-4-9)5-14-11(15)10-6-13-7-16-10/h1-4,6-7H,5,12H2,(H,14,15). The summed E-state index contributed by atoms with van der Waals surface area (Å²) in [6, 6.07) is 7.41. The van der Waals surface area contributed by atoms with Gasteiger partial charge in [0.2, 0.25) is 0 Å². The van der Waals surface area contributed by atoms with Crippen LogP contribution in [0, 0.1) is 0 Å². The number of amides is 1. The van der Waals surface area contributed by atoms with Crippen molar-refractivity contribution in [2.24, 2.45) is 0 Å². The largest absolute Gasteiger partial charge is 0.399 e. The minimum atomic E-state index is -0.0978. The van der Waals surface area contributed by atoms with Crippen molar-refractivity contribution in [2.45, 2.75) is 6.54 Å². The third-order valence-electron chi connectivity index (χ3n) is 2.09. The minimum Gasteiger partial charge on any atom is -0.399 e. The Labute approximate surface area is 97.1 Å². The van der Waals surface area contributed by atoms with Crippen LogP contribution in [0.25, 0.3) is 0 Å². The number of rotatable bonds is 3. The van der Waals surface area contributed by atoms with Gasteiger partial charge in [0.25, 0.3) is 5.91 Å². The van der Waals surface area contributed by atoms with E-state index in [9.17, 15) is 4.79 Å². The Morgan fingerprint density at radius 3 is 2.75 bits per heavy atom. The zero-order chi connectivity index (χ0) is 11.4. The molecular formula is C11H11N3OS. The molecule has 5 heteroatoms. The summed E-state index contributed by atoms with van der Waals surface area (Å²) in [6.07, 6.45) is 1.56. The lowest BCUT2D eigenvalue weighted by atomic mass is 10.2. The highest BCUT2D eigenvalue weighted by atomic mass is 32.1. The van der Waals surface area contributed by atoms with Crippen LogP contribution in [0.5, 0.6) is 0 Å². The molecule has 16 heavy (non-hydrogen) atoms. The fourth-order valence-electron chi connectivity index (χ4n) is 1.23. The van der Waals surface area contributed by atoms with E-state index >= 15 is 0 Å². The number of aromatic nitrogens is 1. The zero-order valence-corrected chi connectivity index (χ0v) is 9.33. The van der Waals surface area contributed by atoms with E-state index in [-0.39, 0.29) is 5.91 Å². The maximum Gasteiger partial charge on any atom is 0.263 e. The van der Waals surface area contributed by atoms with Gasteiger partial charge < -0.3 is 11.1 Å². The summed E-state index contributed by atoms with van der Waals surface area (Å²) in [5.41, 5.74) is 8.94. The van der Waals surface area contributed by atoms with Crippen LogP contribution in [0.3, 0.4) is 0 Å². The van der Waals surface area contributed by atoms with E-state index in [1.165, 1.54) is 11.3 Å². The quantitative estimate of drug-likeness (QED) is 0.792. The van der Waals surface area contributed by atoms with E-state index in [0.29, 0.717) is 11.4 Å². The van der Waals surface area contributed by atoms with Crippen LogP contribution in [0.4, 0.5) is 5.69 Å². The van der Waals surface area contributed by atoms with Crippen LogP contribution in [-0.4, -0.2) is 10.9 Å². The number of nitrogens with two attached hydrogens (primary N) is 1. The van der Waals surface area contributed by atoms with Gasteiger partial charge in [-0.25, -0.2) is 0 Å². The molecular weight excluding hydrogens is 222 g/mol. The molecule has 0 spiro atoms. The van der Waals surface area contributed by atoms with Gasteiger partial charge in [0.1, 0.15) is 4.88 Å². The molecule has 3 N–H and O–H groups in total. The Morgan fingerprint density at radius 2 is 2.12 bits per heavy atom. The Morgan fingerprint density at radius 1 is 1.38 bits per heavy atom. The first kappa shape index (κ1) is 10.6. The molecule has 0 radical (unpaired) electrons. The van der Waals surface area contributed by atoms with Gasteiger partial charge in [0, 0.05) is 12.2 Å². The van der Waals surface area contributed by atoms with Crippen LogP contribution in [0.15, 0.2) is 36.0 Å². The summed E-state index contributed by atoms with van der Waals surface area (Å²) in [6.45, 7) is 0.497. The van der Waals surface area contributed by atoms with Gasteiger partial charge in [-0.05, 0) is 17.7 Å². The monoisotopic (exact) mass is 233 g/mol. The van der Waals surface area contributed by atoms with E-state index in [1.54, 1.807) is 11.7 Å². The molecule has 4 nitrogen and oxygen atoms in total. The third kappa shape index (κ3) is 2.58. The number of thiazole rings is 1. The predicted octanol–water partition coefficient (Wildman–Crippen LogP) is 1.66. The van der Waals surface area contributed by atoms with Gasteiger partial charge in [-0.2, -0.15) is 0 Å². The van der Waals surface area contributed by atoms with Crippen LogP contribution in [-0.2, 0) is 6.54 Å². The molecule has 2 aromatic rings. The van der Waals surface area contributed by atoms with Crippen molar-refractivity contribution < 1.29 is 4.79 Å². The van der Waals surface area contributed by atoms with E-state index < -0.39 is 0 Å². The van der Waals surface area contributed by atoms with Gasteiger partial charge in [0.05, 0.1) is 11.7 Å². The molecule has 0 saturated carbocycles. The van der Waals surface area contributed by atoms with Gasteiger partial charge in [-0.3, -0.25) is 9.78 Å². The summed E-state index contributed by atoms with van der Waals surface area (Å²) in [4.78, 5) is 16.1. The van der Waals surface area contributed by atoms with Crippen molar-refractivity contribution in [2.75, 3.05) is 5.73 Å². The van der Waals surface area contributed by atoms with Crippen molar-refractivity contribution >= 4 is 22.9 Å². The maximum atomic E-state index is 11.6. The van der Waals surface area contributed by atoms with E-state index in [4.69, 9.17) is 5.73 Å². The van der Waals surface area contributed by atoms with Gasteiger partial charge in [-0.15, -0.1) is 11.3 Å². The summed E-state index contributed by atoms with van der Waals surface area (Å²) in [5.74, 6) is -0.0978. The summed E-state index contributed by atoms with van der Waals surface area (Å²) in [7, 11) is 0. The van der Waals surface area contributed by atoms with E-state index in [1.807, 2.05) is 24.3 Å². The fraction of sp³-hybridized carbons (Fsp3) is 0.0909. The number of nitrogens with zero attached hydrogens (tertiary/aromatic N) is 1. The number of hydrogen-bond donors (Lipinski definition) is 2. The molecule has 0 aliphatic heterocycles. The van der Waals surface area contributed by atoms with Crippen molar-refractivity contribution in [3.63, 3.8) is 0 Å². The lowest BCUT2D eigenvalue weighted by Crippen LogP contribution is -2.21. The van der Waals surface area contributed by atoms with E-state index in [2.05, 4.69) is 10.3 Å². The summed E-state index contributed by atoms with van der Waals surface area (Å²) < 4.78 is 0. The molecule has 0 saturated heterocycles. The molecule has 0 bridgehead atoms. The fourth-order valence-corrected chi connectivity index (χ4v) is 1.77. The van der Waals surface area contributed by atoms with Crippen LogP contribution >= 0.6 is 11.3 Å². The average Bonchev–Trinajstić information content (AvgIpc) is 2.81. The number of nitrogens with one attached hydrogen (secondary N) is 1. The highest BCUT2D eigenvalue weighted by molar-refractivity contribution is 7.11. The third-order valence-corrected chi connectivity index (χ3v) is 2.86. The first-order chi connectivity index (χ1) is 7.75. The van der Waals surface area contributed by atoms with Crippen molar-refractivity contribution in [3.05, 3.63) is 46.4 Å². The molecule has 0 unspecified atom stereocenters. The van der Waals surface area contributed by atoms with E-state index in [0.717, 1.165) is 11.3 Å². The topological polar surface area (TPSA) is 68.0 Å². The van der Waals surface area contributed by atoms with Gasteiger partial charge >= 0.3 is 0 Å². The highest BCUT2D eigenvalue weighted by Gasteiger charge is 2.05. The Kier molecular flexibility index (Phi) is 3.16. The normalized spacial score (nSPS) is 10.0. The second-order valence-electron chi connectivity index (χ2n) is 3.29. The van der Waals surface area contributed by atoms with Gasteiger partial charge in [0.15, 0.2) is 0 Å². The summed E-state index contributed by atoms with van der Waals surface area (Å²) in [5, 5.41) is 2.81. The minimum absolute atomic E-state index is 0.0978. The predicted molar refractivity (Wildman–Crippen MR) is 64.1 cm³/mol. The number of nitrogen functional groups attached to an aromatic ring is 1. The van der Waals surface area contributed by atoms with Crippen molar-refractivity contribution in [3.8, 4) is 0 Å². The first-order valence-electron chi connectivity index (χ1n) is 4.77. The number of carbonyl (C=O) groups is 1. The molecule has 0 aliphatic carbocycles. The SMILES string of the molecule is Nc1ccc(CNC(=O)c2cncs2)cc1. The second kappa shape index (κ2) is 4.76. The smallest absolute Gasteiger partial charge is 0.263 e. The molecule has 1 aromatic heterocycles. The molecule has 82 valence electrons. The number of carbonyl (C=O) groups excluding carboxylic acids is 1. The molecule has 1 amide bonds. The lowest BCUT2D eigenvalue weighted by Gasteiger charge is -2.03. The molecule has 0 fully saturated rings. The van der Waals surface area contributed by atoms with Crippen molar-refractivity contribution in [1.82, 2.24) is 10.3 Å². The van der Waals surface area contributed by atoms with Crippen LogP contribution < -0.4 is 11.1 Å². The van der Waals surface area contributed by atoms with Crippen LogP contribution in [0.2, 0.25) is 0 Å². The Bertz CT molecular complexity index is 464. The number of benzene rings is 1. The van der Waals surface area contributed by atoms with Crippen LogP contribution in [0.1, 0.15) is 15.2 Å². The van der Waals surface area contributed by atoms with Crippen molar-refractivity contribution in [1.29, 1.82) is 0 Å². The molecule has 2 rings (SSSR count).